The Morgan fingerprint density at radius 3 is 1.48 bits per heavy atom. The van der Waals surface area contributed by atoms with Gasteiger partial charge in [0, 0.05) is 26.2 Å². The second kappa shape index (κ2) is 9.60. The Kier molecular flexibility index (Phi) is 8.97. The summed E-state index contributed by atoms with van der Waals surface area (Å²) < 4.78 is 10.3. The molecule has 135 valence electrons. The quantitative estimate of drug-likeness (QED) is 0.748. The summed E-state index contributed by atoms with van der Waals surface area (Å²) in [5.74, 6) is 0. The second-order valence-corrected chi connectivity index (χ2v) is 7.20. The first kappa shape index (κ1) is 21.5. The van der Waals surface area contributed by atoms with Crippen molar-refractivity contribution in [3.05, 3.63) is 6.92 Å². The molecule has 0 aromatic rings. The van der Waals surface area contributed by atoms with Crippen LogP contribution in [0.1, 0.15) is 41.5 Å². The molecular formula is C16H32N3O4. The summed E-state index contributed by atoms with van der Waals surface area (Å²) in [4.78, 5) is 25.1. The van der Waals surface area contributed by atoms with Gasteiger partial charge in [-0.3, -0.25) is 4.90 Å². The number of ether oxygens (including phenoxy) is 2. The number of amides is 2. The first-order valence-corrected chi connectivity index (χ1v) is 7.88. The summed E-state index contributed by atoms with van der Waals surface area (Å²) in [7, 11) is 0. The SMILES string of the molecule is [CH2]CN(CCNC(=O)OC(C)(C)C)CCNC(=O)OC(C)(C)C. The molecule has 0 fully saturated rings. The average molecular weight is 330 g/mol. The van der Waals surface area contributed by atoms with Crippen LogP contribution in [-0.4, -0.2) is 61.0 Å². The molecule has 0 spiro atoms. The predicted molar refractivity (Wildman–Crippen MR) is 90.3 cm³/mol. The van der Waals surface area contributed by atoms with Crippen LogP contribution in [0.4, 0.5) is 9.59 Å². The van der Waals surface area contributed by atoms with E-state index in [2.05, 4.69) is 17.6 Å². The lowest BCUT2D eigenvalue weighted by molar-refractivity contribution is 0.0520. The van der Waals surface area contributed by atoms with E-state index in [0.717, 1.165) is 0 Å². The van der Waals surface area contributed by atoms with Crippen molar-refractivity contribution in [3.8, 4) is 0 Å². The number of nitrogens with zero attached hydrogens (tertiary/aromatic N) is 1. The maximum atomic E-state index is 11.5. The third-order valence-electron chi connectivity index (χ3n) is 2.51. The molecule has 7 nitrogen and oxygen atoms in total. The summed E-state index contributed by atoms with van der Waals surface area (Å²) in [6.45, 7) is 17.5. The zero-order valence-corrected chi connectivity index (χ0v) is 15.3. The smallest absolute Gasteiger partial charge is 0.407 e. The van der Waals surface area contributed by atoms with Gasteiger partial charge in [0.1, 0.15) is 11.2 Å². The van der Waals surface area contributed by atoms with Crippen molar-refractivity contribution in [2.45, 2.75) is 52.7 Å². The highest BCUT2D eigenvalue weighted by Gasteiger charge is 2.17. The number of hydrogen-bond acceptors (Lipinski definition) is 5. The van der Waals surface area contributed by atoms with Gasteiger partial charge in [0.05, 0.1) is 0 Å². The zero-order valence-electron chi connectivity index (χ0n) is 15.3. The molecule has 0 unspecified atom stereocenters. The van der Waals surface area contributed by atoms with E-state index >= 15 is 0 Å². The van der Waals surface area contributed by atoms with Gasteiger partial charge in [0.2, 0.25) is 0 Å². The summed E-state index contributed by atoms with van der Waals surface area (Å²) in [6, 6.07) is 0. The van der Waals surface area contributed by atoms with E-state index in [0.29, 0.717) is 32.7 Å². The minimum atomic E-state index is -0.507. The van der Waals surface area contributed by atoms with Crippen LogP contribution in [-0.2, 0) is 9.47 Å². The Labute approximate surface area is 140 Å². The molecule has 0 aromatic heterocycles. The molecule has 0 saturated carbocycles. The highest BCUT2D eigenvalue weighted by atomic mass is 16.6. The van der Waals surface area contributed by atoms with Crippen molar-refractivity contribution < 1.29 is 19.1 Å². The first-order chi connectivity index (χ1) is 10.4. The van der Waals surface area contributed by atoms with Crippen LogP contribution in [0.2, 0.25) is 0 Å². The van der Waals surface area contributed by atoms with Crippen LogP contribution in [0.25, 0.3) is 0 Å². The molecule has 0 aliphatic heterocycles. The monoisotopic (exact) mass is 330 g/mol. The number of rotatable bonds is 7. The fraction of sp³-hybridized carbons (Fsp3) is 0.812. The first-order valence-electron chi connectivity index (χ1n) is 7.88. The Hall–Kier alpha value is -1.50. The van der Waals surface area contributed by atoms with Gasteiger partial charge < -0.3 is 20.1 Å². The lowest BCUT2D eigenvalue weighted by atomic mass is 10.2. The molecule has 23 heavy (non-hydrogen) atoms. The van der Waals surface area contributed by atoms with Crippen LogP contribution < -0.4 is 10.6 Å². The highest BCUT2D eigenvalue weighted by Crippen LogP contribution is 2.06. The number of carbonyl (C=O) groups excluding carboxylic acids is 2. The summed E-state index contributed by atoms with van der Waals surface area (Å²) >= 11 is 0. The van der Waals surface area contributed by atoms with Crippen LogP contribution in [0.5, 0.6) is 0 Å². The third kappa shape index (κ3) is 13.9. The Morgan fingerprint density at radius 1 is 0.870 bits per heavy atom. The minimum absolute atomic E-state index is 0.437. The maximum Gasteiger partial charge on any atom is 0.407 e. The van der Waals surface area contributed by atoms with E-state index in [1.807, 2.05) is 46.4 Å². The van der Waals surface area contributed by atoms with Crippen molar-refractivity contribution in [1.82, 2.24) is 15.5 Å². The van der Waals surface area contributed by atoms with E-state index in [1.165, 1.54) is 0 Å². The molecule has 2 N–H and O–H groups in total. The van der Waals surface area contributed by atoms with Crippen molar-refractivity contribution in [1.29, 1.82) is 0 Å². The van der Waals surface area contributed by atoms with Gasteiger partial charge in [-0.05, 0) is 55.0 Å². The molecule has 7 heteroatoms. The molecule has 0 atom stereocenters. The normalized spacial score (nSPS) is 12.0. The summed E-state index contributed by atoms with van der Waals surface area (Å²) in [5.41, 5.74) is -1.01. The lowest BCUT2D eigenvalue weighted by Crippen LogP contribution is -2.41. The molecule has 0 aliphatic carbocycles. The maximum absolute atomic E-state index is 11.5. The van der Waals surface area contributed by atoms with Gasteiger partial charge in [-0.25, -0.2) is 9.59 Å². The van der Waals surface area contributed by atoms with Crippen LogP contribution >= 0.6 is 0 Å². The van der Waals surface area contributed by atoms with Gasteiger partial charge >= 0.3 is 12.2 Å². The Balaban J connectivity index is 3.91. The molecule has 1 radical (unpaired) electrons. The highest BCUT2D eigenvalue weighted by molar-refractivity contribution is 5.68. The fourth-order valence-electron chi connectivity index (χ4n) is 1.60. The Morgan fingerprint density at radius 2 is 1.22 bits per heavy atom. The summed E-state index contributed by atoms with van der Waals surface area (Å²) in [5, 5.41) is 5.38. The number of carbonyl (C=O) groups is 2. The molecule has 0 rings (SSSR count). The van der Waals surface area contributed by atoms with Crippen molar-refractivity contribution in [3.63, 3.8) is 0 Å². The second-order valence-electron chi connectivity index (χ2n) is 7.20. The van der Waals surface area contributed by atoms with Gasteiger partial charge in [-0.2, -0.15) is 0 Å². The van der Waals surface area contributed by atoms with Gasteiger partial charge in [0.15, 0.2) is 0 Å². The standard InChI is InChI=1S/C16H32N3O4/c1-8-19(11-9-17-13(20)22-15(2,3)4)12-10-18-14(21)23-16(5,6)7/h1,8-12H2,2-7H3,(H,17,20)(H,18,21). The van der Waals surface area contributed by atoms with Gasteiger partial charge in [0.25, 0.3) is 0 Å². The molecule has 2 amide bonds. The molecular weight excluding hydrogens is 298 g/mol. The van der Waals surface area contributed by atoms with E-state index < -0.39 is 23.4 Å². The van der Waals surface area contributed by atoms with Crippen molar-refractivity contribution >= 4 is 12.2 Å². The predicted octanol–water partition coefficient (Wildman–Crippen LogP) is 2.17. The molecule has 0 aromatic carbocycles. The third-order valence-corrected chi connectivity index (χ3v) is 2.51. The largest absolute Gasteiger partial charge is 0.444 e. The fourth-order valence-corrected chi connectivity index (χ4v) is 1.60. The number of nitrogens with one attached hydrogen (secondary N) is 2. The summed E-state index contributed by atoms with van der Waals surface area (Å²) in [6.07, 6.45) is -0.873. The molecule has 0 heterocycles. The van der Waals surface area contributed by atoms with Gasteiger partial charge in [-0.15, -0.1) is 0 Å². The van der Waals surface area contributed by atoms with E-state index in [4.69, 9.17) is 9.47 Å². The van der Waals surface area contributed by atoms with Crippen LogP contribution in [0, 0.1) is 6.92 Å². The molecule has 0 aliphatic rings. The Bertz CT molecular complexity index is 339. The van der Waals surface area contributed by atoms with Crippen LogP contribution in [0.15, 0.2) is 0 Å². The molecule has 0 saturated heterocycles. The van der Waals surface area contributed by atoms with E-state index in [9.17, 15) is 9.59 Å². The van der Waals surface area contributed by atoms with Crippen LogP contribution in [0.3, 0.4) is 0 Å². The molecule has 0 bridgehead atoms. The van der Waals surface area contributed by atoms with Crippen molar-refractivity contribution in [2.75, 3.05) is 32.7 Å². The zero-order chi connectivity index (χ0) is 18.1. The topological polar surface area (TPSA) is 79.9 Å². The van der Waals surface area contributed by atoms with Crippen molar-refractivity contribution in [2.24, 2.45) is 0 Å². The average Bonchev–Trinajstić information content (AvgIpc) is 2.32. The minimum Gasteiger partial charge on any atom is -0.444 e. The number of hydrogen-bond donors (Lipinski definition) is 2. The number of alkyl carbamates (subject to hydrolysis) is 2. The van der Waals surface area contributed by atoms with Gasteiger partial charge in [-0.1, -0.05) is 0 Å². The lowest BCUT2D eigenvalue weighted by Gasteiger charge is -2.23. The van der Waals surface area contributed by atoms with E-state index in [-0.39, 0.29) is 0 Å². The van der Waals surface area contributed by atoms with E-state index in [1.54, 1.807) is 0 Å².